The molecule has 6 nitrogen and oxygen atoms in total. The Balaban J connectivity index is 2.06. The first kappa shape index (κ1) is 19.5. The van der Waals surface area contributed by atoms with E-state index in [0.717, 1.165) is 11.1 Å². The number of hydrogen-bond donors (Lipinski definition) is 2. The topological polar surface area (TPSA) is 90.1 Å². The van der Waals surface area contributed by atoms with Gasteiger partial charge in [0.2, 0.25) is 5.91 Å². The third kappa shape index (κ3) is 4.35. The fourth-order valence-electron chi connectivity index (χ4n) is 3.22. The van der Waals surface area contributed by atoms with Crippen LogP contribution in [0.1, 0.15) is 23.6 Å². The number of aromatic nitrogens is 2. The van der Waals surface area contributed by atoms with Crippen molar-refractivity contribution < 1.29 is 9.53 Å². The van der Waals surface area contributed by atoms with Gasteiger partial charge in [-0.05, 0) is 42.3 Å². The average molecular weight is 376 g/mol. The van der Waals surface area contributed by atoms with Gasteiger partial charge in [-0.3, -0.25) is 20.1 Å². The molecule has 2 heterocycles. The number of carbonyl (C=O) groups excluding carboxylic acids is 1. The summed E-state index contributed by atoms with van der Waals surface area (Å²) in [5, 5.41) is 3.40. The van der Waals surface area contributed by atoms with E-state index in [-0.39, 0.29) is 0 Å². The lowest BCUT2D eigenvalue weighted by molar-refractivity contribution is -0.125. The zero-order valence-corrected chi connectivity index (χ0v) is 15.8. The molecule has 6 heteroatoms. The summed E-state index contributed by atoms with van der Waals surface area (Å²) in [6, 6.07) is 15.1. The Morgan fingerprint density at radius 2 is 1.82 bits per heavy atom. The SMILES string of the molecule is CCOc1ccccc1C(Cc1ccncc1)(NCc1cccnc1)C(N)=O. The number of rotatable bonds is 9. The molecular weight excluding hydrogens is 352 g/mol. The van der Waals surface area contributed by atoms with Gasteiger partial charge in [0.05, 0.1) is 6.61 Å². The summed E-state index contributed by atoms with van der Waals surface area (Å²) in [7, 11) is 0. The smallest absolute Gasteiger partial charge is 0.242 e. The third-order valence-corrected chi connectivity index (χ3v) is 4.60. The minimum absolute atomic E-state index is 0.370. The van der Waals surface area contributed by atoms with Gasteiger partial charge >= 0.3 is 0 Å². The van der Waals surface area contributed by atoms with Crippen molar-refractivity contribution in [2.75, 3.05) is 6.61 Å². The van der Waals surface area contributed by atoms with Crippen LogP contribution in [0.4, 0.5) is 0 Å². The molecule has 0 aliphatic carbocycles. The molecule has 144 valence electrons. The number of para-hydroxylation sites is 1. The molecule has 1 amide bonds. The second-order valence-electron chi connectivity index (χ2n) is 6.45. The van der Waals surface area contributed by atoms with E-state index >= 15 is 0 Å². The monoisotopic (exact) mass is 376 g/mol. The van der Waals surface area contributed by atoms with E-state index in [1.54, 1.807) is 24.8 Å². The van der Waals surface area contributed by atoms with Crippen molar-refractivity contribution in [2.45, 2.75) is 25.4 Å². The number of pyridine rings is 2. The maximum atomic E-state index is 12.9. The van der Waals surface area contributed by atoms with Gasteiger partial charge in [-0.1, -0.05) is 24.3 Å². The molecule has 0 aliphatic heterocycles. The highest BCUT2D eigenvalue weighted by Crippen LogP contribution is 2.33. The summed E-state index contributed by atoms with van der Waals surface area (Å²) in [6.07, 6.45) is 7.26. The van der Waals surface area contributed by atoms with Gasteiger partial charge in [0.25, 0.3) is 0 Å². The molecule has 3 rings (SSSR count). The lowest BCUT2D eigenvalue weighted by Gasteiger charge is -2.34. The van der Waals surface area contributed by atoms with E-state index in [0.29, 0.717) is 30.9 Å². The lowest BCUT2D eigenvalue weighted by atomic mass is 9.82. The number of ether oxygens (including phenoxy) is 1. The van der Waals surface area contributed by atoms with Crippen molar-refractivity contribution in [3.8, 4) is 5.75 Å². The average Bonchev–Trinajstić information content (AvgIpc) is 2.73. The van der Waals surface area contributed by atoms with Crippen LogP contribution in [0, 0.1) is 0 Å². The van der Waals surface area contributed by atoms with Gasteiger partial charge < -0.3 is 10.5 Å². The van der Waals surface area contributed by atoms with Crippen LogP contribution in [-0.2, 0) is 23.3 Å². The molecule has 28 heavy (non-hydrogen) atoms. The molecule has 0 saturated carbocycles. The van der Waals surface area contributed by atoms with Crippen molar-refractivity contribution in [3.63, 3.8) is 0 Å². The lowest BCUT2D eigenvalue weighted by Crippen LogP contribution is -2.54. The molecule has 0 bridgehead atoms. The Morgan fingerprint density at radius 1 is 1.04 bits per heavy atom. The molecule has 0 fully saturated rings. The molecule has 1 atom stereocenters. The first-order valence-electron chi connectivity index (χ1n) is 9.21. The van der Waals surface area contributed by atoms with E-state index in [4.69, 9.17) is 10.5 Å². The number of benzene rings is 1. The van der Waals surface area contributed by atoms with E-state index in [1.807, 2.05) is 55.5 Å². The molecule has 0 spiro atoms. The van der Waals surface area contributed by atoms with Crippen LogP contribution in [0.15, 0.2) is 73.3 Å². The van der Waals surface area contributed by atoms with Crippen molar-refractivity contribution in [1.29, 1.82) is 0 Å². The predicted molar refractivity (Wildman–Crippen MR) is 108 cm³/mol. The summed E-state index contributed by atoms with van der Waals surface area (Å²) in [6.45, 7) is 2.83. The molecule has 3 N–H and O–H groups in total. The van der Waals surface area contributed by atoms with Crippen molar-refractivity contribution in [1.82, 2.24) is 15.3 Å². The van der Waals surface area contributed by atoms with Crippen LogP contribution in [-0.4, -0.2) is 22.5 Å². The van der Waals surface area contributed by atoms with Gasteiger partial charge in [-0.25, -0.2) is 0 Å². The highest BCUT2D eigenvalue weighted by Gasteiger charge is 2.40. The van der Waals surface area contributed by atoms with Gasteiger partial charge in [-0.15, -0.1) is 0 Å². The summed E-state index contributed by atoms with van der Waals surface area (Å²) in [5.74, 6) is 0.164. The van der Waals surface area contributed by atoms with Crippen molar-refractivity contribution in [3.05, 3.63) is 90.0 Å². The van der Waals surface area contributed by atoms with Crippen LogP contribution in [0.25, 0.3) is 0 Å². The van der Waals surface area contributed by atoms with Crippen LogP contribution >= 0.6 is 0 Å². The third-order valence-electron chi connectivity index (χ3n) is 4.60. The highest BCUT2D eigenvalue weighted by molar-refractivity contribution is 5.87. The fourth-order valence-corrected chi connectivity index (χ4v) is 3.22. The Labute approximate surface area is 164 Å². The van der Waals surface area contributed by atoms with Crippen molar-refractivity contribution in [2.24, 2.45) is 5.73 Å². The number of carbonyl (C=O) groups is 1. The van der Waals surface area contributed by atoms with E-state index in [9.17, 15) is 4.79 Å². The Kier molecular flexibility index (Phi) is 6.34. The predicted octanol–water partition coefficient (Wildman–Crippen LogP) is 2.59. The Morgan fingerprint density at radius 3 is 2.50 bits per heavy atom. The molecule has 1 unspecified atom stereocenters. The van der Waals surface area contributed by atoms with Crippen molar-refractivity contribution >= 4 is 5.91 Å². The first-order chi connectivity index (χ1) is 13.7. The number of nitrogens with zero attached hydrogens (tertiary/aromatic N) is 2. The number of primary amides is 1. The second kappa shape index (κ2) is 9.10. The zero-order valence-electron chi connectivity index (χ0n) is 15.8. The number of nitrogens with one attached hydrogen (secondary N) is 1. The van der Waals surface area contributed by atoms with E-state index in [1.165, 1.54) is 0 Å². The normalized spacial score (nSPS) is 12.9. The molecular formula is C22H24N4O2. The highest BCUT2D eigenvalue weighted by atomic mass is 16.5. The maximum Gasteiger partial charge on any atom is 0.242 e. The van der Waals surface area contributed by atoms with Crippen LogP contribution in [0.2, 0.25) is 0 Å². The minimum Gasteiger partial charge on any atom is -0.494 e. The number of nitrogens with two attached hydrogens (primary N) is 1. The molecule has 0 aliphatic rings. The quantitative estimate of drug-likeness (QED) is 0.599. The maximum absolute atomic E-state index is 12.9. The van der Waals surface area contributed by atoms with Gasteiger partial charge in [0.1, 0.15) is 11.3 Å². The van der Waals surface area contributed by atoms with Gasteiger partial charge in [0.15, 0.2) is 0 Å². The second-order valence-corrected chi connectivity index (χ2v) is 6.45. The zero-order chi connectivity index (χ0) is 19.8. The van der Waals surface area contributed by atoms with Gasteiger partial charge in [-0.2, -0.15) is 0 Å². The number of amides is 1. The molecule has 0 saturated heterocycles. The fraction of sp³-hybridized carbons (Fsp3) is 0.227. The van der Waals surface area contributed by atoms with Crippen LogP contribution in [0.3, 0.4) is 0 Å². The molecule has 0 radical (unpaired) electrons. The largest absolute Gasteiger partial charge is 0.494 e. The Hall–Kier alpha value is -3.25. The van der Waals surface area contributed by atoms with Crippen LogP contribution < -0.4 is 15.8 Å². The van der Waals surface area contributed by atoms with E-state index < -0.39 is 11.4 Å². The van der Waals surface area contributed by atoms with Gasteiger partial charge in [0, 0.05) is 43.3 Å². The summed E-state index contributed by atoms with van der Waals surface area (Å²) >= 11 is 0. The minimum atomic E-state index is -1.15. The summed E-state index contributed by atoms with van der Waals surface area (Å²) in [4.78, 5) is 21.1. The molecule has 1 aromatic carbocycles. The number of hydrogen-bond acceptors (Lipinski definition) is 5. The summed E-state index contributed by atoms with van der Waals surface area (Å²) < 4.78 is 5.81. The Bertz CT molecular complexity index is 903. The van der Waals surface area contributed by atoms with E-state index in [2.05, 4.69) is 15.3 Å². The first-order valence-corrected chi connectivity index (χ1v) is 9.21. The molecule has 2 aromatic heterocycles. The van der Waals surface area contributed by atoms with Crippen LogP contribution in [0.5, 0.6) is 5.75 Å². The summed E-state index contributed by atoms with van der Waals surface area (Å²) in [5.41, 5.74) is 7.45. The molecule has 3 aromatic rings. The standard InChI is InChI=1S/C22H24N4O2/c1-2-28-20-8-4-3-7-19(20)22(21(23)27,14-17-9-12-24-13-10-17)26-16-18-6-5-11-25-15-18/h3-13,15,26H,2,14,16H2,1H3,(H2,23,27).